The lowest BCUT2D eigenvalue weighted by atomic mass is 10.1. The van der Waals surface area contributed by atoms with E-state index in [1.807, 2.05) is 31.2 Å². The van der Waals surface area contributed by atoms with Gasteiger partial charge in [-0.2, -0.15) is 4.37 Å². The number of aryl methyl sites for hydroxylation is 1. The summed E-state index contributed by atoms with van der Waals surface area (Å²) in [5, 5.41) is 6.86. The van der Waals surface area contributed by atoms with E-state index in [-0.39, 0.29) is 0 Å². The van der Waals surface area contributed by atoms with Crippen LogP contribution in [0.15, 0.2) is 36.4 Å². The van der Waals surface area contributed by atoms with E-state index in [4.69, 9.17) is 12.2 Å². The smallest absolute Gasteiger partial charge is 0.171 e. The Bertz CT molecular complexity index is 508. The molecule has 0 aliphatic heterocycles. The van der Waals surface area contributed by atoms with Gasteiger partial charge in [0.2, 0.25) is 0 Å². The zero-order valence-electron chi connectivity index (χ0n) is 10.1. The Balaban J connectivity index is 1.72. The number of hydrogen-bond donors (Lipinski definition) is 2. The van der Waals surface area contributed by atoms with E-state index in [0.29, 0.717) is 5.11 Å². The number of benzene rings is 1. The second-order valence-electron chi connectivity index (χ2n) is 3.94. The molecule has 0 unspecified atom stereocenters. The van der Waals surface area contributed by atoms with Crippen LogP contribution in [0.2, 0.25) is 0 Å². The van der Waals surface area contributed by atoms with Gasteiger partial charge in [0.15, 0.2) is 5.11 Å². The first-order valence-corrected chi connectivity index (χ1v) is 6.94. The molecule has 1 aromatic heterocycles. The van der Waals surface area contributed by atoms with E-state index in [1.54, 1.807) is 0 Å². The van der Waals surface area contributed by atoms with Crippen LogP contribution in [0.3, 0.4) is 0 Å². The molecule has 0 radical (unpaired) electrons. The molecular formula is C13H15N3S2. The van der Waals surface area contributed by atoms with E-state index in [9.17, 15) is 0 Å². The second-order valence-corrected chi connectivity index (χ2v) is 5.36. The minimum Gasteiger partial charge on any atom is -0.362 e. The summed E-state index contributed by atoms with van der Waals surface area (Å²) in [4.78, 5) is 1.17. The molecule has 5 heteroatoms. The fraction of sp³-hybridized carbons (Fsp3) is 0.231. The Kier molecular flexibility index (Phi) is 4.66. The first-order chi connectivity index (χ1) is 8.74. The van der Waals surface area contributed by atoms with Gasteiger partial charge in [0.1, 0.15) is 5.82 Å². The summed E-state index contributed by atoms with van der Waals surface area (Å²) < 4.78 is 4.23. The standard InChI is InChI=1S/C13H15N3S2/c1-10-9-12(16-18-10)15-13(17)14-8-7-11-5-3-2-4-6-11/h2-6,9H,7-8H2,1H3,(H2,14,15,16,17). The maximum atomic E-state index is 5.20. The van der Waals surface area contributed by atoms with Gasteiger partial charge in [-0.3, -0.25) is 0 Å². The van der Waals surface area contributed by atoms with Gasteiger partial charge in [0.25, 0.3) is 0 Å². The topological polar surface area (TPSA) is 37.0 Å². The molecule has 2 N–H and O–H groups in total. The Morgan fingerprint density at radius 1 is 1.33 bits per heavy atom. The fourth-order valence-electron chi connectivity index (χ4n) is 1.55. The first kappa shape index (κ1) is 13.0. The summed E-state index contributed by atoms with van der Waals surface area (Å²) in [6.07, 6.45) is 0.957. The third kappa shape index (κ3) is 4.09. The fourth-order valence-corrected chi connectivity index (χ4v) is 2.26. The van der Waals surface area contributed by atoms with Crippen molar-refractivity contribution in [2.75, 3.05) is 11.9 Å². The predicted octanol–water partition coefficient (Wildman–Crippen LogP) is 2.98. The van der Waals surface area contributed by atoms with Crippen molar-refractivity contribution in [3.05, 3.63) is 46.8 Å². The Morgan fingerprint density at radius 2 is 2.11 bits per heavy atom. The molecule has 2 aromatic rings. The first-order valence-electron chi connectivity index (χ1n) is 5.76. The SMILES string of the molecule is Cc1cc(NC(=S)NCCc2ccccc2)ns1. The number of thiocarbonyl (C=S) groups is 1. The molecule has 0 aliphatic carbocycles. The summed E-state index contributed by atoms with van der Waals surface area (Å²) in [6, 6.07) is 12.3. The molecule has 1 aromatic carbocycles. The molecule has 0 fully saturated rings. The number of anilines is 1. The largest absolute Gasteiger partial charge is 0.362 e. The van der Waals surface area contributed by atoms with Gasteiger partial charge in [-0.1, -0.05) is 30.3 Å². The van der Waals surface area contributed by atoms with E-state index in [0.717, 1.165) is 18.8 Å². The Labute approximate surface area is 116 Å². The van der Waals surface area contributed by atoms with Crippen LogP contribution in [0.4, 0.5) is 5.82 Å². The highest BCUT2D eigenvalue weighted by molar-refractivity contribution is 7.80. The highest BCUT2D eigenvalue weighted by Crippen LogP contribution is 2.12. The third-order valence-corrected chi connectivity index (χ3v) is 3.35. The quantitative estimate of drug-likeness (QED) is 0.843. The van der Waals surface area contributed by atoms with Crippen LogP contribution in [-0.2, 0) is 6.42 Å². The summed E-state index contributed by atoms with van der Waals surface area (Å²) in [5.41, 5.74) is 1.30. The van der Waals surface area contributed by atoms with Gasteiger partial charge < -0.3 is 10.6 Å². The minimum absolute atomic E-state index is 0.622. The lowest BCUT2D eigenvalue weighted by Gasteiger charge is -2.08. The molecule has 0 bridgehead atoms. The average molecular weight is 277 g/mol. The van der Waals surface area contributed by atoms with Crippen molar-refractivity contribution in [1.29, 1.82) is 0 Å². The molecule has 2 rings (SSSR count). The van der Waals surface area contributed by atoms with Gasteiger partial charge in [-0.25, -0.2) is 0 Å². The van der Waals surface area contributed by atoms with E-state index < -0.39 is 0 Å². The van der Waals surface area contributed by atoms with Crippen LogP contribution in [0.5, 0.6) is 0 Å². The molecule has 18 heavy (non-hydrogen) atoms. The van der Waals surface area contributed by atoms with Crippen LogP contribution < -0.4 is 10.6 Å². The van der Waals surface area contributed by atoms with Gasteiger partial charge in [-0.05, 0) is 48.7 Å². The highest BCUT2D eigenvalue weighted by Gasteiger charge is 2.00. The molecule has 0 saturated heterocycles. The monoisotopic (exact) mass is 277 g/mol. The highest BCUT2D eigenvalue weighted by atomic mass is 32.1. The maximum absolute atomic E-state index is 5.20. The van der Waals surface area contributed by atoms with Crippen LogP contribution in [-0.4, -0.2) is 16.0 Å². The molecule has 0 atom stereocenters. The van der Waals surface area contributed by atoms with Crippen molar-refractivity contribution >= 4 is 34.7 Å². The number of rotatable bonds is 4. The average Bonchev–Trinajstić information content (AvgIpc) is 2.76. The van der Waals surface area contributed by atoms with Crippen LogP contribution >= 0.6 is 23.8 Å². The minimum atomic E-state index is 0.622. The van der Waals surface area contributed by atoms with E-state index >= 15 is 0 Å². The summed E-state index contributed by atoms with van der Waals surface area (Å²) in [6.45, 7) is 2.84. The van der Waals surface area contributed by atoms with Crippen molar-refractivity contribution in [3.8, 4) is 0 Å². The number of nitrogens with one attached hydrogen (secondary N) is 2. The number of aromatic nitrogens is 1. The third-order valence-electron chi connectivity index (χ3n) is 2.41. The molecule has 0 aliphatic rings. The van der Waals surface area contributed by atoms with Gasteiger partial charge in [0, 0.05) is 11.4 Å². The van der Waals surface area contributed by atoms with Crippen molar-refractivity contribution in [1.82, 2.24) is 9.69 Å². The van der Waals surface area contributed by atoms with Crippen molar-refractivity contribution in [2.45, 2.75) is 13.3 Å². The van der Waals surface area contributed by atoms with E-state index in [1.165, 1.54) is 22.0 Å². The summed E-state index contributed by atoms with van der Waals surface area (Å²) in [5.74, 6) is 0.815. The summed E-state index contributed by atoms with van der Waals surface area (Å²) in [7, 11) is 0. The normalized spacial score (nSPS) is 10.1. The van der Waals surface area contributed by atoms with Gasteiger partial charge in [0.05, 0.1) is 0 Å². The zero-order valence-corrected chi connectivity index (χ0v) is 11.8. The lowest BCUT2D eigenvalue weighted by Crippen LogP contribution is -2.30. The number of hydrogen-bond acceptors (Lipinski definition) is 3. The lowest BCUT2D eigenvalue weighted by molar-refractivity contribution is 0.873. The number of nitrogens with zero attached hydrogens (tertiary/aromatic N) is 1. The molecule has 1 heterocycles. The van der Waals surface area contributed by atoms with Crippen molar-refractivity contribution in [2.24, 2.45) is 0 Å². The second kappa shape index (κ2) is 6.47. The Morgan fingerprint density at radius 3 is 2.78 bits per heavy atom. The molecule has 0 amide bonds. The maximum Gasteiger partial charge on any atom is 0.171 e. The van der Waals surface area contributed by atoms with Crippen molar-refractivity contribution in [3.63, 3.8) is 0 Å². The zero-order chi connectivity index (χ0) is 12.8. The molecule has 3 nitrogen and oxygen atoms in total. The predicted molar refractivity (Wildman–Crippen MR) is 81.2 cm³/mol. The van der Waals surface area contributed by atoms with Gasteiger partial charge in [-0.15, -0.1) is 0 Å². The van der Waals surface area contributed by atoms with Crippen molar-refractivity contribution < 1.29 is 0 Å². The molecule has 0 saturated carbocycles. The van der Waals surface area contributed by atoms with Gasteiger partial charge >= 0.3 is 0 Å². The molecule has 0 spiro atoms. The van der Waals surface area contributed by atoms with E-state index in [2.05, 4.69) is 27.1 Å². The van der Waals surface area contributed by atoms with Crippen LogP contribution in [0.1, 0.15) is 10.4 Å². The Hall–Kier alpha value is -1.46. The molecular weight excluding hydrogens is 262 g/mol. The van der Waals surface area contributed by atoms with Crippen LogP contribution in [0, 0.1) is 6.92 Å². The summed E-state index contributed by atoms with van der Waals surface area (Å²) >= 11 is 6.67. The van der Waals surface area contributed by atoms with Crippen LogP contribution in [0.25, 0.3) is 0 Å². The molecule has 94 valence electrons.